The Balaban J connectivity index is 1.37. The van der Waals surface area contributed by atoms with Gasteiger partial charge in [0, 0.05) is 30.7 Å². The Hall–Kier alpha value is -2.98. The molecule has 0 radical (unpaired) electrons. The Morgan fingerprint density at radius 2 is 2.03 bits per heavy atom. The highest BCUT2D eigenvalue weighted by molar-refractivity contribution is 7.18. The summed E-state index contributed by atoms with van der Waals surface area (Å²) in [6.07, 6.45) is -1.10. The maximum absolute atomic E-state index is 12.7. The quantitative estimate of drug-likeness (QED) is 0.525. The van der Waals surface area contributed by atoms with Crippen molar-refractivity contribution >= 4 is 28.1 Å². The average Bonchev–Trinajstić information content (AvgIpc) is 3.35. The zero-order valence-electron chi connectivity index (χ0n) is 16.5. The molecule has 1 aliphatic rings. The summed E-state index contributed by atoms with van der Waals surface area (Å²) < 4.78 is 38.0. The number of nitrogens with two attached hydrogens (primary N) is 1. The third-order valence-electron chi connectivity index (χ3n) is 5.25. The number of nitrogens with one attached hydrogen (secondary N) is 2. The Morgan fingerprint density at radius 3 is 2.74 bits per heavy atom. The summed E-state index contributed by atoms with van der Waals surface area (Å²) >= 11 is 1.47. The number of nitrogens with zero attached hydrogens (tertiary/aromatic N) is 2. The molecular weight excluding hydrogens is 427 g/mol. The number of thiazole rings is 1. The molecule has 2 aromatic heterocycles. The number of carbonyl (C=O) groups excluding carboxylic acids is 1. The summed E-state index contributed by atoms with van der Waals surface area (Å²) in [6.45, 7) is 2.25. The first kappa shape index (κ1) is 21.3. The lowest BCUT2D eigenvalue weighted by Crippen LogP contribution is -2.34. The second-order valence-corrected chi connectivity index (χ2v) is 8.47. The van der Waals surface area contributed by atoms with Gasteiger partial charge in [-0.05, 0) is 40.8 Å². The maximum atomic E-state index is 12.7. The molecule has 0 unspecified atom stereocenters. The van der Waals surface area contributed by atoms with Crippen LogP contribution in [0, 0.1) is 0 Å². The highest BCUT2D eigenvalue weighted by Gasteiger charge is 2.32. The van der Waals surface area contributed by atoms with Crippen LogP contribution in [0.5, 0.6) is 0 Å². The van der Waals surface area contributed by atoms with E-state index in [1.54, 1.807) is 6.20 Å². The largest absolute Gasteiger partial charge is 0.433 e. The van der Waals surface area contributed by atoms with Gasteiger partial charge in [0.1, 0.15) is 5.69 Å². The van der Waals surface area contributed by atoms with Gasteiger partial charge in [0.2, 0.25) is 5.91 Å². The van der Waals surface area contributed by atoms with Crippen LogP contribution >= 0.6 is 11.3 Å². The van der Waals surface area contributed by atoms with Crippen molar-refractivity contribution in [2.45, 2.75) is 31.5 Å². The number of hydrogen-bond acceptors (Lipinski definition) is 6. The molecule has 31 heavy (non-hydrogen) atoms. The normalized spacial score (nSPS) is 15.3. The minimum absolute atomic E-state index is 0.00911. The maximum Gasteiger partial charge on any atom is 0.433 e. The molecular formula is C21H20F3N5OS. The second kappa shape index (κ2) is 8.27. The Kier molecular flexibility index (Phi) is 5.67. The van der Waals surface area contributed by atoms with Gasteiger partial charge in [-0.15, -0.1) is 0 Å². The molecule has 0 bridgehead atoms. The summed E-state index contributed by atoms with van der Waals surface area (Å²) in [5.74, 6) is -0.200. The number of halogens is 3. The smallest absolute Gasteiger partial charge is 0.360 e. The number of hydrogen-bond donors (Lipinski definition) is 3. The number of fused-ring (bicyclic) bond motifs is 1. The predicted molar refractivity (Wildman–Crippen MR) is 114 cm³/mol. The lowest BCUT2D eigenvalue weighted by atomic mass is 9.95. The molecule has 4 N–H and O–H groups in total. The first-order valence-electron chi connectivity index (χ1n) is 9.62. The van der Waals surface area contributed by atoms with E-state index in [-0.39, 0.29) is 17.9 Å². The van der Waals surface area contributed by atoms with Gasteiger partial charge in [0.15, 0.2) is 5.13 Å². The van der Waals surface area contributed by atoms with E-state index in [0.29, 0.717) is 23.7 Å². The van der Waals surface area contributed by atoms with Crippen molar-refractivity contribution in [3.05, 3.63) is 59.5 Å². The van der Waals surface area contributed by atoms with Crippen molar-refractivity contribution in [1.82, 2.24) is 9.97 Å². The van der Waals surface area contributed by atoms with E-state index in [9.17, 15) is 18.0 Å². The molecule has 0 spiro atoms. The van der Waals surface area contributed by atoms with Gasteiger partial charge in [-0.1, -0.05) is 30.4 Å². The van der Waals surface area contributed by atoms with Crippen LogP contribution in [0.1, 0.15) is 29.7 Å². The van der Waals surface area contributed by atoms with Gasteiger partial charge in [-0.2, -0.15) is 13.2 Å². The fourth-order valence-electron chi connectivity index (χ4n) is 3.34. The van der Waals surface area contributed by atoms with Crippen LogP contribution in [0.25, 0.3) is 10.4 Å². The molecule has 0 saturated carbocycles. The summed E-state index contributed by atoms with van der Waals surface area (Å²) in [4.78, 5) is 20.4. The molecule has 1 amide bonds. The van der Waals surface area contributed by atoms with Crippen LogP contribution < -0.4 is 16.4 Å². The molecule has 4 rings (SSSR count). The van der Waals surface area contributed by atoms with Crippen molar-refractivity contribution in [1.29, 1.82) is 0 Å². The standard InChI is InChI=1S/C21H20F3N5OS/c1-11(13-3-5-18(26-8-13)21(22,23)24)15(25)9-27-20-28-10-17(31-20)12-2-4-16-14(6-12)7-19(30)29-16/h2-6,8,10-11,15H,7,9,25H2,1H3,(H,27,28)(H,29,30)/t11-,15-/m0/s1. The van der Waals surface area contributed by atoms with Crippen molar-refractivity contribution in [3.8, 4) is 10.4 Å². The van der Waals surface area contributed by atoms with E-state index in [2.05, 4.69) is 20.6 Å². The SMILES string of the molecule is C[C@@H](c1ccc(C(F)(F)F)nc1)[C@@H](N)CNc1ncc(-c2ccc3c(c2)CC(=O)N3)s1. The minimum Gasteiger partial charge on any atom is -0.360 e. The monoisotopic (exact) mass is 447 g/mol. The van der Waals surface area contributed by atoms with Crippen molar-refractivity contribution in [2.24, 2.45) is 5.73 Å². The number of anilines is 2. The van der Waals surface area contributed by atoms with E-state index in [1.165, 1.54) is 23.6 Å². The Morgan fingerprint density at radius 1 is 1.23 bits per heavy atom. The molecule has 0 aliphatic carbocycles. The first-order valence-corrected chi connectivity index (χ1v) is 10.4. The fraction of sp³-hybridized carbons (Fsp3) is 0.286. The molecule has 6 nitrogen and oxygen atoms in total. The van der Waals surface area contributed by atoms with Crippen LogP contribution in [-0.2, 0) is 17.4 Å². The average molecular weight is 447 g/mol. The Bertz CT molecular complexity index is 1100. The molecule has 0 fully saturated rings. The highest BCUT2D eigenvalue weighted by Crippen LogP contribution is 2.33. The summed E-state index contributed by atoms with van der Waals surface area (Å²) in [5, 5.41) is 6.70. The second-order valence-electron chi connectivity index (χ2n) is 7.43. The number of amides is 1. The number of carbonyl (C=O) groups is 1. The predicted octanol–water partition coefficient (Wildman–Crippen LogP) is 4.26. The Labute approximate surface area is 180 Å². The van der Waals surface area contributed by atoms with Crippen molar-refractivity contribution in [2.75, 3.05) is 17.2 Å². The van der Waals surface area contributed by atoms with Crippen LogP contribution in [0.15, 0.2) is 42.7 Å². The minimum atomic E-state index is -4.46. The third-order valence-corrected chi connectivity index (χ3v) is 6.26. The van der Waals surface area contributed by atoms with Gasteiger partial charge < -0.3 is 16.4 Å². The zero-order chi connectivity index (χ0) is 22.2. The van der Waals surface area contributed by atoms with Gasteiger partial charge in [0.25, 0.3) is 0 Å². The molecule has 162 valence electrons. The van der Waals surface area contributed by atoms with Crippen LogP contribution in [0.3, 0.4) is 0 Å². The summed E-state index contributed by atoms with van der Waals surface area (Å²) in [7, 11) is 0. The molecule has 1 aromatic carbocycles. The number of benzene rings is 1. The van der Waals surface area contributed by atoms with E-state index in [1.807, 2.05) is 25.1 Å². The zero-order valence-corrected chi connectivity index (χ0v) is 17.3. The molecule has 0 saturated heterocycles. The number of aromatic nitrogens is 2. The molecule has 10 heteroatoms. The summed E-state index contributed by atoms with van der Waals surface area (Å²) in [6, 6.07) is 7.85. The number of pyridine rings is 1. The number of alkyl halides is 3. The van der Waals surface area contributed by atoms with Gasteiger partial charge >= 0.3 is 6.18 Å². The van der Waals surface area contributed by atoms with Crippen LogP contribution in [0.4, 0.5) is 24.0 Å². The molecule has 3 aromatic rings. The highest BCUT2D eigenvalue weighted by atomic mass is 32.1. The van der Waals surface area contributed by atoms with E-state index in [4.69, 9.17) is 5.73 Å². The van der Waals surface area contributed by atoms with Gasteiger partial charge in [-0.25, -0.2) is 4.98 Å². The lowest BCUT2D eigenvalue weighted by Gasteiger charge is -2.20. The summed E-state index contributed by atoms with van der Waals surface area (Å²) in [5.41, 5.74) is 8.75. The van der Waals surface area contributed by atoms with Crippen molar-refractivity contribution in [3.63, 3.8) is 0 Å². The van der Waals surface area contributed by atoms with Gasteiger partial charge in [-0.3, -0.25) is 9.78 Å². The molecule has 2 atom stereocenters. The van der Waals surface area contributed by atoms with Crippen LogP contribution in [-0.4, -0.2) is 28.5 Å². The van der Waals surface area contributed by atoms with E-state index < -0.39 is 11.9 Å². The molecule has 3 heterocycles. The topological polar surface area (TPSA) is 92.9 Å². The van der Waals surface area contributed by atoms with E-state index in [0.717, 1.165) is 27.8 Å². The lowest BCUT2D eigenvalue weighted by molar-refractivity contribution is -0.141. The first-order chi connectivity index (χ1) is 14.7. The number of rotatable bonds is 6. The van der Waals surface area contributed by atoms with Crippen LogP contribution in [0.2, 0.25) is 0 Å². The third kappa shape index (κ3) is 4.70. The fourth-order valence-corrected chi connectivity index (χ4v) is 4.16. The van der Waals surface area contributed by atoms with E-state index >= 15 is 0 Å². The van der Waals surface area contributed by atoms with Crippen molar-refractivity contribution < 1.29 is 18.0 Å². The molecule has 1 aliphatic heterocycles. The van der Waals surface area contributed by atoms with Gasteiger partial charge in [0.05, 0.1) is 11.3 Å².